The van der Waals surface area contributed by atoms with Gasteiger partial charge in [0.25, 0.3) is 0 Å². The van der Waals surface area contributed by atoms with Crippen molar-refractivity contribution in [2.24, 2.45) is 0 Å². The Labute approximate surface area is 112 Å². The van der Waals surface area contributed by atoms with Gasteiger partial charge in [0.2, 0.25) is 5.82 Å². The van der Waals surface area contributed by atoms with Gasteiger partial charge in [0.15, 0.2) is 0 Å². The molecule has 1 aromatic rings. The molecule has 2 N–H and O–H groups in total. The molecule has 2 aliphatic rings. The third-order valence-corrected chi connectivity index (χ3v) is 3.77. The van der Waals surface area contributed by atoms with Crippen LogP contribution >= 0.6 is 0 Å². The highest BCUT2D eigenvalue weighted by Crippen LogP contribution is 2.22. The average Bonchev–Trinajstić information content (AvgIpc) is 2.84. The lowest BCUT2D eigenvalue weighted by Gasteiger charge is -2.22. The average molecular weight is 258 g/mol. The summed E-state index contributed by atoms with van der Waals surface area (Å²) in [6.45, 7) is 3.83. The highest BCUT2D eigenvalue weighted by atomic mass is 15.2. The van der Waals surface area contributed by atoms with E-state index < -0.39 is 0 Å². The molecule has 6 heteroatoms. The summed E-state index contributed by atoms with van der Waals surface area (Å²) in [5.74, 6) is 1.11. The second-order valence-electron chi connectivity index (χ2n) is 5.25. The Morgan fingerprint density at radius 2 is 2.37 bits per heavy atom. The molecule has 2 aliphatic heterocycles. The van der Waals surface area contributed by atoms with Gasteiger partial charge in [-0.3, -0.25) is 0 Å². The second-order valence-corrected chi connectivity index (χ2v) is 5.25. The smallest absolute Gasteiger partial charge is 0.234 e. The quantitative estimate of drug-likeness (QED) is 0.784. The normalized spacial score (nSPS) is 22.8. The molecule has 0 radical (unpaired) electrons. The zero-order chi connectivity index (χ0) is 13.2. The third kappa shape index (κ3) is 2.53. The summed E-state index contributed by atoms with van der Waals surface area (Å²) < 4.78 is 0. The monoisotopic (exact) mass is 258 g/mol. The topological polar surface area (TPSA) is 76.9 Å². The fraction of sp³-hybridized carbons (Fsp3) is 0.615. The predicted molar refractivity (Wildman–Crippen MR) is 71.7 cm³/mol. The number of hydrogen-bond donors (Lipinski definition) is 2. The Kier molecular flexibility index (Phi) is 3.32. The van der Waals surface area contributed by atoms with Gasteiger partial charge in [0, 0.05) is 37.7 Å². The Hall–Kier alpha value is -1.71. The maximum atomic E-state index is 9.04. The van der Waals surface area contributed by atoms with Crippen LogP contribution in [0.5, 0.6) is 0 Å². The lowest BCUT2D eigenvalue weighted by molar-refractivity contribution is 0.414. The van der Waals surface area contributed by atoms with Crippen LogP contribution in [0.15, 0.2) is 0 Å². The van der Waals surface area contributed by atoms with Crippen LogP contribution in [-0.4, -0.2) is 47.6 Å². The molecule has 100 valence electrons. The Bertz CT molecular complexity index is 521. The Morgan fingerprint density at radius 1 is 1.47 bits per heavy atom. The number of aromatic nitrogens is 2. The summed E-state index contributed by atoms with van der Waals surface area (Å²) in [5, 5.41) is 15.9. The van der Waals surface area contributed by atoms with Gasteiger partial charge in [0.1, 0.15) is 11.9 Å². The van der Waals surface area contributed by atoms with E-state index in [0.29, 0.717) is 6.04 Å². The Balaban J connectivity index is 1.88. The van der Waals surface area contributed by atoms with Crippen molar-refractivity contribution >= 4 is 5.82 Å². The van der Waals surface area contributed by atoms with Crippen LogP contribution in [0.25, 0.3) is 0 Å². The summed E-state index contributed by atoms with van der Waals surface area (Å²) in [5.41, 5.74) is 2.14. The molecule has 1 unspecified atom stereocenters. The molecule has 0 spiro atoms. The molecule has 3 heterocycles. The minimum atomic E-state index is 0.273. The summed E-state index contributed by atoms with van der Waals surface area (Å²) in [7, 11) is 2.12. The van der Waals surface area contributed by atoms with Crippen LogP contribution in [0.2, 0.25) is 0 Å². The van der Waals surface area contributed by atoms with Crippen LogP contribution in [0.4, 0.5) is 5.82 Å². The molecule has 6 nitrogen and oxygen atoms in total. The van der Waals surface area contributed by atoms with Crippen LogP contribution in [0, 0.1) is 11.3 Å². The van der Waals surface area contributed by atoms with Gasteiger partial charge in [-0.05, 0) is 20.0 Å². The molecule has 0 amide bonds. The number of nitriles is 1. The molecule has 3 rings (SSSR count). The lowest BCUT2D eigenvalue weighted by Crippen LogP contribution is -2.30. The van der Waals surface area contributed by atoms with Crippen LogP contribution < -0.4 is 10.6 Å². The van der Waals surface area contributed by atoms with E-state index in [1.165, 1.54) is 0 Å². The van der Waals surface area contributed by atoms with Crippen molar-refractivity contribution in [3.63, 3.8) is 0 Å². The number of hydrogen-bond acceptors (Lipinski definition) is 6. The van der Waals surface area contributed by atoms with E-state index in [4.69, 9.17) is 5.26 Å². The number of fused-ring (bicyclic) bond motifs is 1. The molecule has 0 aromatic carbocycles. The SMILES string of the molecule is CN1CCC(Nc2nc(C#N)nc3c2CNCC3)C1. The minimum absolute atomic E-state index is 0.273. The van der Waals surface area contributed by atoms with Gasteiger partial charge < -0.3 is 15.5 Å². The van der Waals surface area contributed by atoms with Gasteiger partial charge in [-0.1, -0.05) is 0 Å². The summed E-state index contributed by atoms with van der Waals surface area (Å²) in [4.78, 5) is 11.0. The first-order valence-corrected chi connectivity index (χ1v) is 6.72. The largest absolute Gasteiger partial charge is 0.366 e. The van der Waals surface area contributed by atoms with E-state index in [9.17, 15) is 0 Å². The lowest BCUT2D eigenvalue weighted by atomic mass is 10.1. The second kappa shape index (κ2) is 5.11. The first kappa shape index (κ1) is 12.3. The van der Waals surface area contributed by atoms with Crippen molar-refractivity contribution in [3.8, 4) is 6.07 Å². The summed E-state index contributed by atoms with van der Waals surface area (Å²) >= 11 is 0. The van der Waals surface area contributed by atoms with Crippen LogP contribution in [0.3, 0.4) is 0 Å². The molecule has 0 bridgehead atoms. The van der Waals surface area contributed by atoms with Crippen LogP contribution in [0.1, 0.15) is 23.5 Å². The third-order valence-electron chi connectivity index (χ3n) is 3.77. The van der Waals surface area contributed by atoms with E-state index >= 15 is 0 Å². The zero-order valence-corrected chi connectivity index (χ0v) is 11.1. The number of rotatable bonds is 2. The molecule has 1 saturated heterocycles. The van der Waals surface area contributed by atoms with Gasteiger partial charge in [-0.2, -0.15) is 5.26 Å². The molecule has 1 aromatic heterocycles. The highest BCUT2D eigenvalue weighted by Gasteiger charge is 2.23. The minimum Gasteiger partial charge on any atom is -0.366 e. The maximum Gasteiger partial charge on any atom is 0.234 e. The molecule has 1 atom stereocenters. The number of anilines is 1. The van der Waals surface area contributed by atoms with Gasteiger partial charge >= 0.3 is 0 Å². The fourth-order valence-corrected chi connectivity index (χ4v) is 2.76. The number of nitrogens with zero attached hydrogens (tertiary/aromatic N) is 4. The van der Waals surface area contributed by atoms with Gasteiger partial charge in [-0.25, -0.2) is 9.97 Å². The van der Waals surface area contributed by atoms with E-state index in [1.54, 1.807) is 0 Å². The van der Waals surface area contributed by atoms with Crippen molar-refractivity contribution in [3.05, 3.63) is 17.1 Å². The molecular formula is C13H18N6. The molecule has 1 fully saturated rings. The first-order valence-electron chi connectivity index (χ1n) is 6.72. The standard InChI is InChI=1S/C13H18N6/c1-19-5-3-9(8-19)16-13-10-7-15-4-2-11(10)17-12(6-14)18-13/h9,15H,2-5,7-8H2,1H3,(H,16,17,18). The molecule has 0 saturated carbocycles. The van der Waals surface area contributed by atoms with Crippen molar-refractivity contribution in [2.45, 2.75) is 25.4 Å². The van der Waals surface area contributed by atoms with Crippen molar-refractivity contribution in [1.82, 2.24) is 20.2 Å². The fourth-order valence-electron chi connectivity index (χ4n) is 2.76. The van der Waals surface area contributed by atoms with Crippen LogP contribution in [-0.2, 0) is 13.0 Å². The number of nitrogens with one attached hydrogen (secondary N) is 2. The van der Waals surface area contributed by atoms with E-state index in [0.717, 1.165) is 56.1 Å². The Morgan fingerprint density at radius 3 is 3.11 bits per heavy atom. The van der Waals surface area contributed by atoms with Crippen molar-refractivity contribution < 1.29 is 0 Å². The first-order chi connectivity index (χ1) is 9.26. The summed E-state index contributed by atoms with van der Waals surface area (Å²) in [6.07, 6.45) is 1.98. The summed E-state index contributed by atoms with van der Waals surface area (Å²) in [6, 6.07) is 2.47. The molecular weight excluding hydrogens is 240 g/mol. The zero-order valence-electron chi connectivity index (χ0n) is 11.1. The molecule has 19 heavy (non-hydrogen) atoms. The molecule has 0 aliphatic carbocycles. The predicted octanol–water partition coefficient (Wildman–Crippen LogP) is 0.110. The number of likely N-dealkylation sites (tertiary alicyclic amines) is 1. The van der Waals surface area contributed by atoms with Gasteiger partial charge in [-0.15, -0.1) is 0 Å². The van der Waals surface area contributed by atoms with E-state index in [-0.39, 0.29) is 5.82 Å². The van der Waals surface area contributed by atoms with E-state index in [1.807, 2.05) is 0 Å². The van der Waals surface area contributed by atoms with Crippen molar-refractivity contribution in [1.29, 1.82) is 5.26 Å². The van der Waals surface area contributed by atoms with Gasteiger partial charge in [0.05, 0.1) is 5.69 Å². The van der Waals surface area contributed by atoms with E-state index in [2.05, 4.69) is 38.6 Å². The number of likely N-dealkylation sites (N-methyl/N-ethyl adjacent to an activating group) is 1. The highest BCUT2D eigenvalue weighted by molar-refractivity contribution is 5.49. The maximum absolute atomic E-state index is 9.04. The van der Waals surface area contributed by atoms with Crippen molar-refractivity contribution in [2.75, 3.05) is 32.0 Å².